The van der Waals surface area contributed by atoms with Crippen LogP contribution in [0.3, 0.4) is 0 Å². The molecule has 1 N–H and O–H groups in total. The molecule has 7 heteroatoms. The summed E-state index contributed by atoms with van der Waals surface area (Å²) in [6, 6.07) is 10.7. The molecule has 1 saturated carbocycles. The first-order valence-electron chi connectivity index (χ1n) is 11.8. The summed E-state index contributed by atoms with van der Waals surface area (Å²) in [6.07, 6.45) is 6.16. The molecule has 0 bridgehead atoms. The fourth-order valence-corrected chi connectivity index (χ4v) is 5.08. The van der Waals surface area contributed by atoms with Crippen LogP contribution >= 0.6 is 0 Å². The largest absolute Gasteiger partial charge is 0.489 e. The number of carbonyl (C=O) groups excluding carboxylic acids is 1. The fraction of sp³-hybridized carbons (Fsp3) is 0.520. The molecule has 1 amide bonds. The molecule has 5 rings (SSSR count). The molecular formula is C25H32N4O3. The minimum absolute atomic E-state index is 0.0459. The lowest BCUT2D eigenvalue weighted by molar-refractivity contribution is 0.00664. The van der Waals surface area contributed by atoms with E-state index in [1.165, 1.54) is 0 Å². The second-order valence-electron chi connectivity index (χ2n) is 8.97. The molecule has 2 aliphatic heterocycles. The first-order valence-corrected chi connectivity index (χ1v) is 11.8. The SMILES string of the molecule is Cc1ccc(N2CCOc3c(C(=O)N[C@H]4CC[C@@H](N5CCOCC5)CC4)cccc32)nc1. The molecule has 3 aliphatic rings. The van der Waals surface area contributed by atoms with Crippen molar-refractivity contribution in [1.29, 1.82) is 0 Å². The van der Waals surface area contributed by atoms with E-state index in [-0.39, 0.29) is 11.9 Å². The van der Waals surface area contributed by atoms with Crippen LogP contribution in [-0.2, 0) is 4.74 Å². The molecule has 32 heavy (non-hydrogen) atoms. The predicted molar refractivity (Wildman–Crippen MR) is 124 cm³/mol. The summed E-state index contributed by atoms with van der Waals surface area (Å²) in [6.45, 7) is 7.00. The van der Waals surface area contributed by atoms with Crippen molar-refractivity contribution in [2.45, 2.75) is 44.7 Å². The highest BCUT2D eigenvalue weighted by Gasteiger charge is 2.30. The van der Waals surface area contributed by atoms with Crippen molar-refractivity contribution in [2.75, 3.05) is 44.4 Å². The molecular weight excluding hydrogens is 404 g/mol. The number of ether oxygens (including phenoxy) is 2. The zero-order valence-corrected chi connectivity index (χ0v) is 18.8. The summed E-state index contributed by atoms with van der Waals surface area (Å²) < 4.78 is 11.5. The highest BCUT2D eigenvalue weighted by Crippen LogP contribution is 2.38. The number of aromatic nitrogens is 1. The highest BCUT2D eigenvalue weighted by atomic mass is 16.5. The Labute approximate surface area is 189 Å². The zero-order chi connectivity index (χ0) is 21.9. The molecule has 2 aromatic rings. The first kappa shape index (κ1) is 21.2. The number of pyridine rings is 1. The summed E-state index contributed by atoms with van der Waals surface area (Å²) in [5.41, 5.74) is 2.63. The Morgan fingerprint density at radius 2 is 1.84 bits per heavy atom. The number of nitrogens with one attached hydrogen (secondary N) is 1. The van der Waals surface area contributed by atoms with Crippen LogP contribution in [0.25, 0.3) is 0 Å². The monoisotopic (exact) mass is 436 g/mol. The molecule has 1 aliphatic carbocycles. The lowest BCUT2D eigenvalue weighted by Gasteiger charge is -2.39. The molecule has 0 spiro atoms. The number of carbonyl (C=O) groups is 1. The summed E-state index contributed by atoms with van der Waals surface area (Å²) in [7, 11) is 0. The zero-order valence-electron chi connectivity index (χ0n) is 18.8. The highest BCUT2D eigenvalue weighted by molar-refractivity contribution is 5.99. The standard InChI is InChI=1S/C25H32N4O3/c1-18-5-10-23(26-17-18)29-13-16-32-24-21(3-2-4-22(24)29)25(30)27-19-6-8-20(9-7-19)28-11-14-31-15-12-28/h2-5,10,17,19-20H,6-9,11-16H2,1H3,(H,27,30)/t19-,20+. The average Bonchev–Trinajstić information content (AvgIpc) is 2.85. The maximum absolute atomic E-state index is 13.2. The Morgan fingerprint density at radius 3 is 2.59 bits per heavy atom. The number of aryl methyl sites for hydroxylation is 1. The third kappa shape index (κ3) is 4.45. The van der Waals surface area contributed by atoms with E-state index < -0.39 is 0 Å². The van der Waals surface area contributed by atoms with E-state index in [1.807, 2.05) is 37.4 Å². The Bertz CT molecular complexity index is 935. The van der Waals surface area contributed by atoms with Gasteiger partial charge in [-0.3, -0.25) is 9.69 Å². The molecule has 1 saturated heterocycles. The van der Waals surface area contributed by atoms with Crippen LogP contribution < -0.4 is 15.0 Å². The quantitative estimate of drug-likeness (QED) is 0.793. The maximum Gasteiger partial charge on any atom is 0.255 e. The van der Waals surface area contributed by atoms with Gasteiger partial charge in [0.25, 0.3) is 5.91 Å². The first-order chi connectivity index (χ1) is 15.7. The third-order valence-electron chi connectivity index (χ3n) is 6.86. The molecule has 3 heterocycles. The lowest BCUT2D eigenvalue weighted by atomic mass is 9.89. The minimum atomic E-state index is -0.0459. The average molecular weight is 437 g/mol. The van der Waals surface area contributed by atoms with Crippen molar-refractivity contribution in [3.05, 3.63) is 47.7 Å². The number of fused-ring (bicyclic) bond motifs is 1. The Hall–Kier alpha value is -2.64. The van der Waals surface area contributed by atoms with Gasteiger partial charge in [0.15, 0.2) is 5.75 Å². The van der Waals surface area contributed by atoms with Crippen molar-refractivity contribution in [3.63, 3.8) is 0 Å². The third-order valence-corrected chi connectivity index (χ3v) is 6.86. The minimum Gasteiger partial charge on any atom is -0.489 e. The fourth-order valence-electron chi connectivity index (χ4n) is 5.08. The maximum atomic E-state index is 13.2. The van der Waals surface area contributed by atoms with E-state index >= 15 is 0 Å². The Morgan fingerprint density at radius 1 is 1.03 bits per heavy atom. The van der Waals surface area contributed by atoms with Gasteiger partial charge in [0.05, 0.1) is 31.0 Å². The second-order valence-corrected chi connectivity index (χ2v) is 8.97. The van der Waals surface area contributed by atoms with E-state index in [0.717, 1.165) is 69.1 Å². The van der Waals surface area contributed by atoms with Crippen LogP contribution in [0.1, 0.15) is 41.6 Å². The van der Waals surface area contributed by atoms with Gasteiger partial charge in [0, 0.05) is 31.4 Å². The number of rotatable bonds is 4. The number of hydrogen-bond donors (Lipinski definition) is 1. The normalized spacial score (nSPS) is 23.8. The van der Waals surface area contributed by atoms with E-state index in [0.29, 0.717) is 30.5 Å². The summed E-state index contributed by atoms with van der Waals surface area (Å²) in [5, 5.41) is 3.27. The van der Waals surface area contributed by atoms with Crippen LogP contribution in [0.15, 0.2) is 36.5 Å². The van der Waals surface area contributed by atoms with Crippen molar-refractivity contribution in [3.8, 4) is 5.75 Å². The molecule has 0 radical (unpaired) electrons. The topological polar surface area (TPSA) is 66.9 Å². The van der Waals surface area contributed by atoms with Gasteiger partial charge in [0.2, 0.25) is 0 Å². The van der Waals surface area contributed by atoms with E-state index in [1.54, 1.807) is 0 Å². The van der Waals surface area contributed by atoms with Crippen LogP contribution in [-0.4, -0.2) is 67.3 Å². The Kier molecular flexibility index (Phi) is 6.28. The number of hydrogen-bond acceptors (Lipinski definition) is 6. The number of para-hydroxylation sites is 1. The predicted octanol–water partition coefficient (Wildman–Crippen LogP) is 3.29. The van der Waals surface area contributed by atoms with Crippen LogP contribution in [0.4, 0.5) is 11.5 Å². The van der Waals surface area contributed by atoms with Crippen LogP contribution in [0.2, 0.25) is 0 Å². The van der Waals surface area contributed by atoms with Gasteiger partial charge in [-0.05, 0) is 56.4 Å². The molecule has 0 atom stereocenters. The summed E-state index contributed by atoms with van der Waals surface area (Å²) in [4.78, 5) is 22.5. The molecule has 0 unspecified atom stereocenters. The van der Waals surface area contributed by atoms with Crippen molar-refractivity contribution >= 4 is 17.4 Å². The van der Waals surface area contributed by atoms with Crippen molar-refractivity contribution in [2.24, 2.45) is 0 Å². The molecule has 7 nitrogen and oxygen atoms in total. The molecule has 1 aromatic carbocycles. The van der Waals surface area contributed by atoms with Crippen LogP contribution in [0, 0.1) is 6.92 Å². The molecule has 1 aromatic heterocycles. The van der Waals surface area contributed by atoms with E-state index in [2.05, 4.69) is 26.2 Å². The van der Waals surface area contributed by atoms with Crippen molar-refractivity contribution in [1.82, 2.24) is 15.2 Å². The second kappa shape index (κ2) is 9.46. The van der Waals surface area contributed by atoms with E-state index in [9.17, 15) is 4.79 Å². The lowest BCUT2D eigenvalue weighted by Crippen LogP contribution is -2.47. The van der Waals surface area contributed by atoms with Crippen LogP contribution in [0.5, 0.6) is 5.75 Å². The van der Waals surface area contributed by atoms with Gasteiger partial charge in [0.1, 0.15) is 12.4 Å². The molecule has 170 valence electrons. The number of nitrogens with zero attached hydrogens (tertiary/aromatic N) is 3. The van der Waals surface area contributed by atoms with Gasteiger partial charge in [-0.2, -0.15) is 0 Å². The summed E-state index contributed by atoms with van der Waals surface area (Å²) >= 11 is 0. The number of amides is 1. The summed E-state index contributed by atoms with van der Waals surface area (Å²) in [5.74, 6) is 1.48. The van der Waals surface area contributed by atoms with E-state index in [4.69, 9.17) is 9.47 Å². The van der Waals surface area contributed by atoms with Gasteiger partial charge in [-0.15, -0.1) is 0 Å². The van der Waals surface area contributed by atoms with Gasteiger partial charge in [-0.1, -0.05) is 12.1 Å². The van der Waals surface area contributed by atoms with Gasteiger partial charge >= 0.3 is 0 Å². The van der Waals surface area contributed by atoms with Crippen molar-refractivity contribution < 1.29 is 14.3 Å². The number of morpholine rings is 1. The van der Waals surface area contributed by atoms with Gasteiger partial charge in [-0.25, -0.2) is 4.98 Å². The van der Waals surface area contributed by atoms with Gasteiger partial charge < -0.3 is 19.7 Å². The number of benzene rings is 1. The Balaban J connectivity index is 1.26. The smallest absolute Gasteiger partial charge is 0.255 e. The molecule has 2 fully saturated rings. The number of anilines is 2.